The predicted molar refractivity (Wildman–Crippen MR) is 159 cm³/mol. The molecule has 45 heavy (non-hydrogen) atoms. The van der Waals surface area contributed by atoms with E-state index in [1.165, 1.54) is 14.0 Å². The fraction of sp³-hybridized carbons (Fsp3) is 0.765. The summed E-state index contributed by atoms with van der Waals surface area (Å²) >= 11 is 0. The van der Waals surface area contributed by atoms with E-state index in [1.54, 1.807) is 45.6 Å². The number of aliphatic hydroxyl groups is 2. The average Bonchev–Trinajstić information content (AvgIpc) is 3.40. The maximum Gasteiger partial charge on any atom is 0.338 e. The van der Waals surface area contributed by atoms with Crippen molar-refractivity contribution in [2.75, 3.05) is 48.1 Å². The Morgan fingerprint density at radius 3 is 2.36 bits per heavy atom. The molecule has 1 heterocycles. The van der Waals surface area contributed by atoms with Gasteiger partial charge in [-0.05, 0) is 43.9 Å². The van der Waals surface area contributed by atoms with Gasteiger partial charge in [-0.15, -0.1) is 0 Å². The molecule has 1 aromatic rings. The van der Waals surface area contributed by atoms with Gasteiger partial charge >= 0.3 is 11.9 Å². The highest BCUT2D eigenvalue weighted by atomic mass is 16.6. The summed E-state index contributed by atoms with van der Waals surface area (Å²) in [4.78, 5) is 29.4. The number of piperidine rings is 1. The van der Waals surface area contributed by atoms with Crippen molar-refractivity contribution in [3.8, 4) is 0 Å². The Kier molecular flexibility index (Phi) is 7.48. The first kappa shape index (κ1) is 31.5. The SMILES string of the molecule is CCN1C[C@]2(COC)CC[C@H](OC)[C@]34C1[C@H]([C@H](OC)[C@H]23)[C@]1(OC(C)=O)[C@H]2[C@@H](OC(=O)c3ccccc3)[C@](O)(C[C@H]24)[C@@H](OC)[C@@H]1O. The fourth-order valence-electron chi connectivity index (χ4n) is 12.4. The molecule has 0 amide bonds. The van der Waals surface area contributed by atoms with Crippen LogP contribution < -0.4 is 0 Å². The minimum atomic E-state index is -1.76. The Labute approximate surface area is 264 Å². The lowest BCUT2D eigenvalue weighted by Crippen LogP contribution is -2.80. The largest absolute Gasteiger partial charge is 0.455 e. The Hall–Kier alpha value is -2.12. The highest BCUT2D eigenvalue weighted by Gasteiger charge is 2.91. The van der Waals surface area contributed by atoms with E-state index in [1.807, 2.05) is 6.07 Å². The van der Waals surface area contributed by atoms with Crippen LogP contribution in [-0.4, -0.2) is 123 Å². The summed E-state index contributed by atoms with van der Waals surface area (Å²) in [5.41, 5.74) is -3.92. The minimum absolute atomic E-state index is 0.101. The van der Waals surface area contributed by atoms with Crippen LogP contribution in [0.5, 0.6) is 0 Å². The second-order valence-electron chi connectivity index (χ2n) is 14.3. The molecule has 7 rings (SSSR count). The van der Waals surface area contributed by atoms with Crippen LogP contribution in [0.4, 0.5) is 0 Å². The second kappa shape index (κ2) is 10.7. The normalized spacial score (nSPS) is 49.1. The van der Waals surface area contributed by atoms with E-state index in [0.29, 0.717) is 18.7 Å². The maximum absolute atomic E-state index is 13.7. The van der Waals surface area contributed by atoms with E-state index in [-0.39, 0.29) is 35.8 Å². The quantitative estimate of drug-likeness (QED) is 0.387. The molecule has 5 aliphatic carbocycles. The van der Waals surface area contributed by atoms with Crippen LogP contribution in [0.15, 0.2) is 30.3 Å². The summed E-state index contributed by atoms with van der Waals surface area (Å²) < 4.78 is 37.7. The smallest absolute Gasteiger partial charge is 0.338 e. The first-order valence-electron chi connectivity index (χ1n) is 16.2. The van der Waals surface area contributed by atoms with Crippen LogP contribution in [0.2, 0.25) is 0 Å². The van der Waals surface area contributed by atoms with Gasteiger partial charge in [-0.25, -0.2) is 4.79 Å². The molecule has 248 valence electrons. The first-order chi connectivity index (χ1) is 21.6. The highest BCUT2D eigenvalue weighted by Crippen LogP contribution is 2.80. The summed E-state index contributed by atoms with van der Waals surface area (Å²) in [6.07, 6.45) is -2.64. The molecule has 5 saturated carbocycles. The van der Waals surface area contributed by atoms with Crippen molar-refractivity contribution in [1.29, 1.82) is 0 Å². The standard InChI is InChI=1S/C34H47NO10/c1-7-35-16-31(17-40-3)14-13-21(41-4)33-20-15-32(39)28(44-30(38)19-11-9-8-10-12-19)22(20)34(45-18(2)36,27(37)29(32)43-6)23(26(33)35)24(42-5)25(31)33/h8-12,20-29,37,39H,7,13-17H2,1-6H3/t20-,21+,22-,23+,24+,25-,26?,27+,28-,29+,31+,32-,33+,34-/m1/s1. The zero-order valence-corrected chi connectivity index (χ0v) is 27.0. The number of esters is 2. The topological polar surface area (TPSA) is 133 Å². The third kappa shape index (κ3) is 3.66. The molecule has 0 radical (unpaired) electrons. The Balaban J connectivity index is 1.52. The summed E-state index contributed by atoms with van der Waals surface area (Å²) in [6.45, 7) is 5.44. The van der Waals surface area contributed by atoms with E-state index < -0.39 is 64.8 Å². The van der Waals surface area contributed by atoms with Gasteiger partial charge < -0.3 is 38.6 Å². The molecule has 1 saturated heterocycles. The van der Waals surface area contributed by atoms with Gasteiger partial charge in [0.15, 0.2) is 5.60 Å². The number of carbonyl (C=O) groups is 2. The monoisotopic (exact) mass is 629 g/mol. The third-order valence-corrected chi connectivity index (χ3v) is 13.0. The van der Waals surface area contributed by atoms with Crippen molar-refractivity contribution < 1.29 is 48.2 Å². The van der Waals surface area contributed by atoms with Crippen LogP contribution in [0, 0.1) is 34.5 Å². The lowest BCUT2D eigenvalue weighted by Gasteiger charge is -2.69. The molecule has 11 heteroatoms. The number of hydrogen-bond donors (Lipinski definition) is 2. The van der Waals surface area contributed by atoms with Crippen LogP contribution >= 0.6 is 0 Å². The molecule has 7 bridgehead atoms. The summed E-state index contributed by atoms with van der Waals surface area (Å²) in [5, 5.41) is 25.3. The summed E-state index contributed by atoms with van der Waals surface area (Å²) in [6, 6.07) is 8.42. The molecule has 11 nitrogen and oxygen atoms in total. The molecule has 1 aliphatic heterocycles. The zero-order valence-electron chi connectivity index (χ0n) is 27.0. The van der Waals surface area contributed by atoms with Crippen LogP contribution in [0.25, 0.3) is 0 Å². The van der Waals surface area contributed by atoms with Crippen LogP contribution in [-0.2, 0) is 33.2 Å². The van der Waals surface area contributed by atoms with Gasteiger partial charge in [0.05, 0.1) is 24.4 Å². The molecule has 14 atom stereocenters. The Bertz CT molecular complexity index is 1330. The van der Waals surface area contributed by atoms with Gasteiger partial charge in [0, 0.05) is 76.5 Å². The molecule has 2 N–H and O–H groups in total. The molecule has 6 aliphatic rings. The molecule has 6 fully saturated rings. The number of aliphatic hydroxyl groups excluding tert-OH is 1. The summed E-state index contributed by atoms with van der Waals surface area (Å²) in [5.74, 6) is -2.95. The van der Waals surface area contributed by atoms with Gasteiger partial charge in [0.1, 0.15) is 23.9 Å². The van der Waals surface area contributed by atoms with Gasteiger partial charge in [-0.1, -0.05) is 25.1 Å². The van der Waals surface area contributed by atoms with Gasteiger partial charge in [0.2, 0.25) is 0 Å². The van der Waals surface area contributed by atoms with Crippen LogP contribution in [0.3, 0.4) is 0 Å². The maximum atomic E-state index is 13.7. The minimum Gasteiger partial charge on any atom is -0.455 e. The van der Waals surface area contributed by atoms with Crippen molar-refractivity contribution in [3.05, 3.63) is 35.9 Å². The summed E-state index contributed by atoms with van der Waals surface area (Å²) in [7, 11) is 6.59. The number of hydrogen-bond acceptors (Lipinski definition) is 11. The molecule has 0 aromatic heterocycles. The fourth-order valence-corrected chi connectivity index (χ4v) is 12.4. The van der Waals surface area contributed by atoms with Gasteiger partial charge in [-0.3, -0.25) is 9.69 Å². The van der Waals surface area contributed by atoms with E-state index in [4.69, 9.17) is 28.4 Å². The number of likely N-dealkylation sites (tertiary alicyclic amines) is 1. The number of nitrogens with zero attached hydrogens (tertiary/aromatic N) is 1. The second-order valence-corrected chi connectivity index (χ2v) is 14.3. The highest BCUT2D eigenvalue weighted by molar-refractivity contribution is 5.89. The van der Waals surface area contributed by atoms with E-state index >= 15 is 0 Å². The van der Waals surface area contributed by atoms with Crippen molar-refractivity contribution >= 4 is 11.9 Å². The molecule has 1 spiro atoms. The lowest BCUT2D eigenvalue weighted by atomic mass is 9.43. The number of benzene rings is 1. The van der Waals surface area contributed by atoms with Crippen LogP contribution in [0.1, 0.15) is 43.5 Å². The van der Waals surface area contributed by atoms with E-state index in [9.17, 15) is 19.8 Å². The van der Waals surface area contributed by atoms with Crippen molar-refractivity contribution in [2.24, 2.45) is 34.5 Å². The van der Waals surface area contributed by atoms with Crippen molar-refractivity contribution in [1.82, 2.24) is 4.90 Å². The Morgan fingerprint density at radius 1 is 1.02 bits per heavy atom. The van der Waals surface area contributed by atoms with Crippen molar-refractivity contribution in [3.63, 3.8) is 0 Å². The average molecular weight is 630 g/mol. The number of rotatable bonds is 9. The zero-order chi connectivity index (χ0) is 32.1. The lowest BCUT2D eigenvalue weighted by molar-refractivity contribution is -0.317. The molecular weight excluding hydrogens is 582 g/mol. The number of fused-ring (bicyclic) bond motifs is 2. The number of methoxy groups -OCH3 is 4. The van der Waals surface area contributed by atoms with E-state index in [0.717, 1.165) is 19.4 Å². The van der Waals surface area contributed by atoms with Gasteiger partial charge in [0.25, 0.3) is 0 Å². The molecular formula is C34H47NO10. The third-order valence-electron chi connectivity index (χ3n) is 13.0. The number of carbonyl (C=O) groups excluding carboxylic acids is 2. The molecule has 1 aromatic carbocycles. The number of ether oxygens (including phenoxy) is 6. The molecule has 1 unspecified atom stereocenters. The first-order valence-corrected chi connectivity index (χ1v) is 16.2. The predicted octanol–water partition coefficient (Wildman–Crippen LogP) is 1.68. The Morgan fingerprint density at radius 2 is 1.76 bits per heavy atom. The van der Waals surface area contributed by atoms with E-state index in [2.05, 4.69) is 11.8 Å². The van der Waals surface area contributed by atoms with Crippen molar-refractivity contribution in [2.45, 2.75) is 80.9 Å². The van der Waals surface area contributed by atoms with Gasteiger partial charge in [-0.2, -0.15) is 0 Å².